The van der Waals surface area contributed by atoms with Crippen molar-refractivity contribution in [2.75, 3.05) is 13.7 Å². The Balaban J connectivity index is 1.98. The van der Waals surface area contributed by atoms with Gasteiger partial charge in [-0.2, -0.15) is 0 Å². The third-order valence-electron chi connectivity index (χ3n) is 4.42. The second kappa shape index (κ2) is 7.04. The van der Waals surface area contributed by atoms with Gasteiger partial charge < -0.3 is 14.6 Å². The number of aromatic amines is 1. The van der Waals surface area contributed by atoms with Crippen molar-refractivity contribution in [1.29, 1.82) is 0 Å². The molecule has 5 nitrogen and oxygen atoms in total. The van der Waals surface area contributed by atoms with Gasteiger partial charge in [-0.05, 0) is 25.3 Å². The molecule has 1 unspecified atom stereocenters. The van der Waals surface area contributed by atoms with Gasteiger partial charge in [0.15, 0.2) is 0 Å². The van der Waals surface area contributed by atoms with Crippen molar-refractivity contribution in [3.05, 3.63) is 63.6 Å². The number of carbonyl (C=O) groups is 1. The van der Waals surface area contributed by atoms with Crippen LogP contribution in [0.15, 0.2) is 35.3 Å². The minimum atomic E-state index is -0.668. The van der Waals surface area contributed by atoms with Crippen molar-refractivity contribution < 1.29 is 18.3 Å². The highest BCUT2D eigenvalue weighted by Crippen LogP contribution is 2.34. The van der Waals surface area contributed by atoms with Gasteiger partial charge in [0.1, 0.15) is 17.4 Å². The van der Waals surface area contributed by atoms with Gasteiger partial charge in [0.25, 0.3) is 11.5 Å². The molecule has 1 saturated heterocycles. The van der Waals surface area contributed by atoms with E-state index in [1.165, 1.54) is 31.5 Å². The molecule has 132 valence electrons. The number of ether oxygens (including phenoxy) is 1. The van der Waals surface area contributed by atoms with Crippen LogP contribution in [0, 0.1) is 11.6 Å². The maximum absolute atomic E-state index is 14.2. The summed E-state index contributed by atoms with van der Waals surface area (Å²) in [5, 5.41) is 0. The van der Waals surface area contributed by atoms with Crippen LogP contribution in [0.5, 0.6) is 5.75 Å². The van der Waals surface area contributed by atoms with Crippen LogP contribution in [-0.4, -0.2) is 29.4 Å². The fourth-order valence-corrected chi connectivity index (χ4v) is 3.21. The molecule has 7 heteroatoms. The molecule has 1 aliphatic rings. The largest absolute Gasteiger partial charge is 0.496 e. The lowest BCUT2D eigenvalue weighted by Gasteiger charge is -2.36. The second-order valence-corrected chi connectivity index (χ2v) is 5.96. The van der Waals surface area contributed by atoms with Crippen molar-refractivity contribution in [3.63, 3.8) is 0 Å². The summed E-state index contributed by atoms with van der Waals surface area (Å²) in [6.45, 7) is 0.447. The van der Waals surface area contributed by atoms with Crippen LogP contribution >= 0.6 is 0 Å². The van der Waals surface area contributed by atoms with Crippen LogP contribution in [-0.2, 0) is 0 Å². The molecule has 1 amide bonds. The minimum absolute atomic E-state index is 0.164. The van der Waals surface area contributed by atoms with E-state index in [1.54, 1.807) is 4.90 Å². The van der Waals surface area contributed by atoms with Gasteiger partial charge in [-0.3, -0.25) is 9.59 Å². The lowest BCUT2D eigenvalue weighted by molar-refractivity contribution is 0.0603. The molecule has 0 bridgehead atoms. The quantitative estimate of drug-likeness (QED) is 0.927. The van der Waals surface area contributed by atoms with Crippen LogP contribution in [0.1, 0.15) is 41.2 Å². The van der Waals surface area contributed by atoms with Crippen LogP contribution < -0.4 is 10.3 Å². The van der Waals surface area contributed by atoms with E-state index in [1.807, 2.05) is 0 Å². The summed E-state index contributed by atoms with van der Waals surface area (Å²) < 4.78 is 32.6. The Morgan fingerprint density at radius 1 is 1.28 bits per heavy atom. The number of hydrogen-bond acceptors (Lipinski definition) is 3. The Morgan fingerprint density at radius 3 is 2.80 bits per heavy atom. The average Bonchev–Trinajstić information content (AvgIpc) is 2.61. The molecule has 2 heterocycles. The highest BCUT2D eigenvalue weighted by Gasteiger charge is 2.32. The van der Waals surface area contributed by atoms with E-state index < -0.39 is 17.7 Å². The molecule has 0 radical (unpaired) electrons. The molecule has 0 spiro atoms. The molecular weight excluding hydrogens is 330 g/mol. The zero-order chi connectivity index (χ0) is 18.0. The monoisotopic (exact) mass is 348 g/mol. The highest BCUT2D eigenvalue weighted by atomic mass is 19.1. The van der Waals surface area contributed by atoms with Gasteiger partial charge in [-0.1, -0.05) is 6.07 Å². The standard InChI is InChI=1S/C18H18F2N2O3/c1-25-16-9-17(23)21-10-13(16)18(24)22-7-3-2-4-15(22)12-6-5-11(19)8-14(12)20/h5-6,8-10,15H,2-4,7H2,1H3,(H,21,23). The lowest BCUT2D eigenvalue weighted by Crippen LogP contribution is -2.39. The molecule has 1 N–H and O–H groups in total. The predicted octanol–water partition coefficient (Wildman–Crippen LogP) is 3.03. The number of nitrogens with one attached hydrogen (secondary N) is 1. The summed E-state index contributed by atoms with van der Waals surface area (Å²) in [4.78, 5) is 28.4. The summed E-state index contributed by atoms with van der Waals surface area (Å²) in [6, 6.07) is 4.11. The molecule has 0 aliphatic carbocycles. The first-order valence-corrected chi connectivity index (χ1v) is 8.04. The third-order valence-corrected chi connectivity index (χ3v) is 4.42. The van der Waals surface area contributed by atoms with Crippen molar-refractivity contribution in [2.24, 2.45) is 0 Å². The summed E-state index contributed by atoms with van der Waals surface area (Å²) >= 11 is 0. The Morgan fingerprint density at radius 2 is 2.08 bits per heavy atom. The first-order valence-electron chi connectivity index (χ1n) is 8.04. The predicted molar refractivity (Wildman–Crippen MR) is 87.6 cm³/mol. The maximum atomic E-state index is 14.2. The molecule has 0 saturated carbocycles. The summed E-state index contributed by atoms with van der Waals surface area (Å²) in [5.74, 6) is -1.52. The van der Waals surface area contributed by atoms with Crippen molar-refractivity contribution in [3.8, 4) is 5.75 Å². The van der Waals surface area contributed by atoms with Gasteiger partial charge in [0.05, 0.1) is 18.7 Å². The van der Waals surface area contributed by atoms with Crippen LogP contribution in [0.4, 0.5) is 8.78 Å². The smallest absolute Gasteiger partial charge is 0.259 e. The van der Waals surface area contributed by atoms with Crippen LogP contribution in [0.2, 0.25) is 0 Å². The van der Waals surface area contributed by atoms with Gasteiger partial charge in [0, 0.05) is 30.4 Å². The Hall–Kier alpha value is -2.70. The number of likely N-dealkylation sites (tertiary alicyclic amines) is 1. The fraction of sp³-hybridized carbons (Fsp3) is 0.333. The number of pyridine rings is 1. The number of aromatic nitrogens is 1. The SMILES string of the molecule is COc1cc(=O)[nH]cc1C(=O)N1CCCCC1c1ccc(F)cc1F. The highest BCUT2D eigenvalue weighted by molar-refractivity contribution is 5.97. The summed E-state index contributed by atoms with van der Waals surface area (Å²) in [7, 11) is 1.37. The normalized spacial score (nSPS) is 17.4. The first-order chi connectivity index (χ1) is 12.0. The molecule has 25 heavy (non-hydrogen) atoms. The molecule has 1 aliphatic heterocycles. The molecule has 3 rings (SSSR count). The average molecular weight is 348 g/mol. The van der Waals surface area contributed by atoms with E-state index in [-0.39, 0.29) is 28.3 Å². The fourth-order valence-electron chi connectivity index (χ4n) is 3.21. The first kappa shape index (κ1) is 17.1. The number of carbonyl (C=O) groups excluding carboxylic acids is 1. The van der Waals surface area contributed by atoms with Gasteiger partial charge in [-0.15, -0.1) is 0 Å². The zero-order valence-electron chi connectivity index (χ0n) is 13.7. The Labute approximate surface area is 143 Å². The van der Waals surface area contributed by atoms with E-state index >= 15 is 0 Å². The molecule has 2 aromatic rings. The molecular formula is C18H18F2N2O3. The van der Waals surface area contributed by atoms with E-state index in [2.05, 4.69) is 4.98 Å². The summed E-state index contributed by atoms with van der Waals surface area (Å²) in [5.41, 5.74) is 0.113. The molecule has 1 atom stereocenters. The van der Waals surface area contributed by atoms with Crippen LogP contribution in [0.3, 0.4) is 0 Å². The van der Waals surface area contributed by atoms with Gasteiger partial charge in [-0.25, -0.2) is 8.78 Å². The van der Waals surface area contributed by atoms with Gasteiger partial charge in [0.2, 0.25) is 0 Å². The number of nitrogens with zero attached hydrogens (tertiary/aromatic N) is 1. The number of hydrogen-bond donors (Lipinski definition) is 1. The third kappa shape index (κ3) is 3.40. The van der Waals surface area contributed by atoms with Gasteiger partial charge >= 0.3 is 0 Å². The number of methoxy groups -OCH3 is 1. The van der Waals surface area contributed by atoms with Crippen LogP contribution in [0.25, 0.3) is 0 Å². The number of benzene rings is 1. The zero-order valence-corrected chi connectivity index (χ0v) is 13.7. The van der Waals surface area contributed by atoms with E-state index in [0.717, 1.165) is 18.9 Å². The maximum Gasteiger partial charge on any atom is 0.259 e. The van der Waals surface area contributed by atoms with E-state index in [9.17, 15) is 18.4 Å². The number of H-pyrrole nitrogens is 1. The molecule has 1 fully saturated rings. The topological polar surface area (TPSA) is 62.4 Å². The minimum Gasteiger partial charge on any atom is -0.496 e. The number of rotatable bonds is 3. The van der Waals surface area contributed by atoms with Crippen molar-refractivity contribution in [1.82, 2.24) is 9.88 Å². The number of amides is 1. The Kier molecular flexibility index (Phi) is 4.83. The van der Waals surface area contributed by atoms with Crippen molar-refractivity contribution in [2.45, 2.75) is 25.3 Å². The summed E-state index contributed by atoms with van der Waals surface area (Å²) in [6.07, 6.45) is 3.51. The Bertz CT molecular complexity index is 850. The number of piperidine rings is 1. The van der Waals surface area contributed by atoms with E-state index in [4.69, 9.17) is 4.74 Å². The molecule has 1 aromatic heterocycles. The number of halogens is 2. The lowest BCUT2D eigenvalue weighted by atomic mass is 9.94. The van der Waals surface area contributed by atoms with E-state index in [0.29, 0.717) is 13.0 Å². The molecule has 1 aromatic carbocycles. The van der Waals surface area contributed by atoms with Crippen molar-refractivity contribution >= 4 is 5.91 Å². The second-order valence-electron chi connectivity index (χ2n) is 5.96.